The van der Waals surface area contributed by atoms with Gasteiger partial charge in [0.2, 0.25) is 0 Å². The van der Waals surface area contributed by atoms with Gasteiger partial charge in [0.15, 0.2) is 0 Å². The van der Waals surface area contributed by atoms with E-state index in [9.17, 15) is 0 Å². The molecule has 2 rings (SSSR count). The van der Waals surface area contributed by atoms with Gasteiger partial charge in [-0.25, -0.2) is 14.6 Å². The van der Waals surface area contributed by atoms with Gasteiger partial charge in [-0.05, 0) is 12.5 Å². The monoisotopic (exact) mass is 175 g/mol. The molecule has 0 bridgehead atoms. The highest BCUT2D eigenvalue weighted by Gasteiger charge is 1.99. The van der Waals surface area contributed by atoms with Crippen molar-refractivity contribution in [2.75, 3.05) is 5.73 Å². The number of hydrogen-bond acceptors (Lipinski definition) is 4. The maximum Gasteiger partial charge on any atom is 0.250 e. The first-order valence-corrected chi connectivity index (χ1v) is 3.86. The summed E-state index contributed by atoms with van der Waals surface area (Å²) in [5.41, 5.74) is 6.48. The molecule has 0 saturated carbocycles. The fourth-order valence-corrected chi connectivity index (χ4v) is 0.954. The number of anilines is 1. The lowest BCUT2D eigenvalue weighted by Crippen LogP contribution is -2.01. The summed E-state index contributed by atoms with van der Waals surface area (Å²) >= 11 is 0. The highest BCUT2D eigenvalue weighted by molar-refractivity contribution is 5.27. The molecule has 0 aromatic carbocycles. The molecular formula is C8H9N5. The molecule has 0 unspecified atom stereocenters. The highest BCUT2D eigenvalue weighted by Crippen LogP contribution is 2.02. The second kappa shape index (κ2) is 2.85. The molecule has 0 fully saturated rings. The van der Waals surface area contributed by atoms with E-state index in [4.69, 9.17) is 5.73 Å². The molecule has 0 saturated heterocycles. The normalized spacial score (nSPS) is 10.2. The molecular weight excluding hydrogens is 166 g/mol. The van der Waals surface area contributed by atoms with Crippen LogP contribution in [0.1, 0.15) is 5.56 Å². The van der Waals surface area contributed by atoms with Gasteiger partial charge in [0.1, 0.15) is 5.82 Å². The predicted molar refractivity (Wildman–Crippen MR) is 48.3 cm³/mol. The Morgan fingerprint density at radius 1 is 1.31 bits per heavy atom. The fourth-order valence-electron chi connectivity index (χ4n) is 0.954. The molecule has 2 N–H and O–H groups in total. The van der Waals surface area contributed by atoms with E-state index in [1.165, 1.54) is 4.68 Å². The Bertz CT molecular complexity index is 403. The number of hydrogen-bond donors (Lipinski definition) is 1. The second-order valence-corrected chi connectivity index (χ2v) is 2.75. The smallest absolute Gasteiger partial charge is 0.250 e. The molecule has 2 aromatic rings. The van der Waals surface area contributed by atoms with E-state index in [1.54, 1.807) is 24.7 Å². The maximum atomic E-state index is 5.46. The molecule has 13 heavy (non-hydrogen) atoms. The molecule has 2 heterocycles. The molecule has 2 aromatic heterocycles. The van der Waals surface area contributed by atoms with Gasteiger partial charge in [0.05, 0.1) is 0 Å². The first-order chi connectivity index (χ1) is 6.25. The van der Waals surface area contributed by atoms with Crippen molar-refractivity contribution in [2.45, 2.75) is 6.92 Å². The van der Waals surface area contributed by atoms with Crippen LogP contribution in [-0.4, -0.2) is 19.7 Å². The van der Waals surface area contributed by atoms with Crippen LogP contribution >= 0.6 is 0 Å². The molecule has 0 amide bonds. The number of nitrogens with two attached hydrogens (primary N) is 1. The van der Waals surface area contributed by atoms with E-state index in [0.717, 1.165) is 5.56 Å². The summed E-state index contributed by atoms with van der Waals surface area (Å²) < 4.78 is 1.54. The van der Waals surface area contributed by atoms with Crippen molar-refractivity contribution in [3.05, 3.63) is 30.2 Å². The molecule has 0 aliphatic heterocycles. The van der Waals surface area contributed by atoms with Gasteiger partial charge in [-0.15, -0.1) is 5.10 Å². The lowest BCUT2D eigenvalue weighted by molar-refractivity contribution is 0.809. The SMILES string of the molecule is Cc1cnc(-n2ccc(N)n2)nc1. The van der Waals surface area contributed by atoms with Crippen LogP contribution in [0.15, 0.2) is 24.7 Å². The first kappa shape index (κ1) is 7.72. The zero-order chi connectivity index (χ0) is 9.26. The highest BCUT2D eigenvalue weighted by atomic mass is 15.4. The Morgan fingerprint density at radius 2 is 2.00 bits per heavy atom. The van der Waals surface area contributed by atoms with E-state index < -0.39 is 0 Å². The second-order valence-electron chi connectivity index (χ2n) is 2.75. The van der Waals surface area contributed by atoms with Crippen LogP contribution in [-0.2, 0) is 0 Å². The molecule has 0 aliphatic carbocycles. The predicted octanol–water partition coefficient (Wildman–Crippen LogP) is 0.553. The molecule has 66 valence electrons. The summed E-state index contributed by atoms with van der Waals surface area (Å²) in [7, 11) is 0. The van der Waals surface area contributed by atoms with Crippen LogP contribution in [0.25, 0.3) is 5.95 Å². The summed E-state index contributed by atoms with van der Waals surface area (Å²) in [5.74, 6) is 0.992. The van der Waals surface area contributed by atoms with Crippen LogP contribution in [0.5, 0.6) is 0 Å². The minimum Gasteiger partial charge on any atom is -0.382 e. The van der Waals surface area contributed by atoms with E-state index in [1.807, 2.05) is 6.92 Å². The number of nitrogen functional groups attached to an aromatic ring is 1. The molecule has 0 atom stereocenters. The molecule has 0 radical (unpaired) electrons. The molecule has 5 heteroatoms. The molecule has 5 nitrogen and oxygen atoms in total. The minimum atomic E-state index is 0.462. The molecule has 0 spiro atoms. The number of aromatic nitrogens is 4. The largest absolute Gasteiger partial charge is 0.382 e. The van der Waals surface area contributed by atoms with Crippen LogP contribution in [0.2, 0.25) is 0 Å². The topological polar surface area (TPSA) is 69.6 Å². The fraction of sp³-hybridized carbons (Fsp3) is 0.125. The number of nitrogens with zero attached hydrogens (tertiary/aromatic N) is 4. The van der Waals surface area contributed by atoms with Gasteiger partial charge in [-0.2, -0.15) is 0 Å². The van der Waals surface area contributed by atoms with Gasteiger partial charge in [0.25, 0.3) is 5.95 Å². The number of aryl methyl sites for hydroxylation is 1. The quantitative estimate of drug-likeness (QED) is 0.687. The van der Waals surface area contributed by atoms with Crippen molar-refractivity contribution in [1.82, 2.24) is 19.7 Å². The standard InChI is InChI=1S/C8H9N5/c1-6-4-10-8(11-5-6)13-3-2-7(9)12-13/h2-5H,1H3,(H2,9,12). The Balaban J connectivity index is 2.41. The van der Waals surface area contributed by atoms with Gasteiger partial charge >= 0.3 is 0 Å². The maximum absolute atomic E-state index is 5.46. The Kier molecular flexibility index (Phi) is 1.70. The number of rotatable bonds is 1. The van der Waals surface area contributed by atoms with Crippen molar-refractivity contribution in [2.24, 2.45) is 0 Å². The van der Waals surface area contributed by atoms with Crippen molar-refractivity contribution in [1.29, 1.82) is 0 Å². The minimum absolute atomic E-state index is 0.462. The molecule has 0 aliphatic rings. The van der Waals surface area contributed by atoms with Gasteiger partial charge < -0.3 is 5.73 Å². The average Bonchev–Trinajstić information content (AvgIpc) is 2.53. The van der Waals surface area contributed by atoms with Crippen LogP contribution in [0, 0.1) is 6.92 Å². The van der Waals surface area contributed by atoms with Crippen molar-refractivity contribution in [3.63, 3.8) is 0 Å². The average molecular weight is 175 g/mol. The van der Waals surface area contributed by atoms with Crippen LogP contribution in [0.4, 0.5) is 5.82 Å². The Hall–Kier alpha value is -1.91. The first-order valence-electron chi connectivity index (χ1n) is 3.86. The third-order valence-corrected chi connectivity index (χ3v) is 1.58. The van der Waals surface area contributed by atoms with E-state index in [2.05, 4.69) is 15.1 Å². The summed E-state index contributed by atoms with van der Waals surface area (Å²) in [4.78, 5) is 8.19. The summed E-state index contributed by atoms with van der Waals surface area (Å²) in [6.45, 7) is 1.93. The zero-order valence-corrected chi connectivity index (χ0v) is 7.18. The summed E-state index contributed by atoms with van der Waals surface area (Å²) in [6, 6.07) is 1.70. The lowest BCUT2D eigenvalue weighted by Gasteiger charge is -1.97. The van der Waals surface area contributed by atoms with Crippen molar-refractivity contribution >= 4 is 5.82 Å². The van der Waals surface area contributed by atoms with Crippen LogP contribution in [0.3, 0.4) is 0 Å². The third kappa shape index (κ3) is 1.48. The van der Waals surface area contributed by atoms with Crippen LogP contribution < -0.4 is 5.73 Å². The van der Waals surface area contributed by atoms with Crippen molar-refractivity contribution in [3.8, 4) is 5.95 Å². The Morgan fingerprint density at radius 3 is 2.54 bits per heavy atom. The van der Waals surface area contributed by atoms with Gasteiger partial charge in [-0.1, -0.05) is 0 Å². The van der Waals surface area contributed by atoms with Crippen molar-refractivity contribution < 1.29 is 0 Å². The van der Waals surface area contributed by atoms with E-state index >= 15 is 0 Å². The summed E-state index contributed by atoms with van der Waals surface area (Å²) in [5, 5.41) is 3.98. The zero-order valence-electron chi connectivity index (χ0n) is 7.18. The van der Waals surface area contributed by atoms with E-state index in [-0.39, 0.29) is 0 Å². The third-order valence-electron chi connectivity index (χ3n) is 1.58. The lowest BCUT2D eigenvalue weighted by atomic mass is 10.4. The van der Waals surface area contributed by atoms with Gasteiger partial charge in [-0.3, -0.25) is 0 Å². The Labute approximate surface area is 75.2 Å². The summed E-state index contributed by atoms with van der Waals surface area (Å²) in [6.07, 6.45) is 5.19. The van der Waals surface area contributed by atoms with E-state index in [0.29, 0.717) is 11.8 Å². The van der Waals surface area contributed by atoms with Gasteiger partial charge in [0, 0.05) is 24.7 Å².